The van der Waals surface area contributed by atoms with Gasteiger partial charge in [0.15, 0.2) is 0 Å². The van der Waals surface area contributed by atoms with E-state index >= 15 is 0 Å². The molecule has 10 heteroatoms. The topological polar surface area (TPSA) is 32.3 Å². The predicted octanol–water partition coefficient (Wildman–Crippen LogP) is 6.41. The van der Waals surface area contributed by atoms with Crippen LogP contribution < -0.4 is 5.32 Å². The molecule has 1 aliphatic heterocycles. The summed E-state index contributed by atoms with van der Waals surface area (Å²) in [7, 11) is 1.62. The summed E-state index contributed by atoms with van der Waals surface area (Å²) in [5.74, 6) is -0.532. The van der Waals surface area contributed by atoms with Crippen molar-refractivity contribution in [1.29, 1.82) is 0 Å². The van der Waals surface area contributed by atoms with Gasteiger partial charge in [-0.15, -0.1) is 12.4 Å². The fourth-order valence-corrected chi connectivity index (χ4v) is 4.42. The number of piperidine rings is 1. The van der Waals surface area contributed by atoms with Crippen molar-refractivity contribution in [2.45, 2.75) is 24.6 Å². The Kier molecular flexibility index (Phi) is 8.50. The van der Waals surface area contributed by atoms with Crippen LogP contribution in [0.3, 0.4) is 0 Å². The van der Waals surface area contributed by atoms with Crippen LogP contribution in [0.25, 0.3) is 0 Å². The van der Waals surface area contributed by atoms with E-state index in [1.165, 1.54) is 11.0 Å². The predicted molar refractivity (Wildman–Crippen MR) is 119 cm³/mol. The number of likely N-dealkylation sites (N-methyl/N-ethyl adjacent to an activating group) is 1. The van der Waals surface area contributed by atoms with Crippen molar-refractivity contribution in [2.75, 3.05) is 20.1 Å². The summed E-state index contributed by atoms with van der Waals surface area (Å²) in [5.41, 5.74) is 0.0389. The maximum Gasteiger partial charge on any atom is 0.416 e. The van der Waals surface area contributed by atoms with E-state index in [-0.39, 0.29) is 34.4 Å². The molecule has 1 saturated heterocycles. The number of nitrogens with one attached hydrogen (secondary N) is 1. The van der Waals surface area contributed by atoms with Crippen LogP contribution >= 0.6 is 51.5 Å². The molecule has 0 radical (unpaired) electrons. The van der Waals surface area contributed by atoms with Crippen LogP contribution in [0.2, 0.25) is 10.0 Å². The zero-order chi connectivity index (χ0) is 21.3. The quantitative estimate of drug-likeness (QED) is 0.482. The number of hydrogen-bond acceptors (Lipinski definition) is 2. The van der Waals surface area contributed by atoms with E-state index in [2.05, 4.69) is 21.2 Å². The maximum atomic E-state index is 13.1. The monoisotopic (exact) mass is 544 g/mol. The average molecular weight is 547 g/mol. The number of nitrogens with zero attached hydrogens (tertiary/aromatic N) is 1. The summed E-state index contributed by atoms with van der Waals surface area (Å²) in [6, 6.07) is 8.39. The van der Waals surface area contributed by atoms with Gasteiger partial charge in [-0.05, 0) is 48.9 Å². The fourth-order valence-electron chi connectivity index (χ4n) is 3.62. The smallest absolute Gasteiger partial charge is 0.338 e. The summed E-state index contributed by atoms with van der Waals surface area (Å²) in [6.45, 7) is 1.32. The third-order valence-corrected chi connectivity index (χ3v) is 6.30. The summed E-state index contributed by atoms with van der Waals surface area (Å²) in [6.07, 6.45) is -3.87. The molecule has 0 bridgehead atoms. The number of carbonyl (C=O) groups is 1. The summed E-state index contributed by atoms with van der Waals surface area (Å²) in [5, 5.41) is 4.16. The number of halogens is 7. The van der Waals surface area contributed by atoms with Gasteiger partial charge in [-0.25, -0.2) is 0 Å². The number of benzene rings is 2. The molecule has 0 saturated carbocycles. The SMILES string of the molecule is CN(C(=O)c1cc(Br)cc(C(F)(F)F)c1)[C@@H]1CCNC[C@H]1c1ccc(Cl)c(Cl)c1.Cl. The largest absolute Gasteiger partial charge is 0.416 e. The van der Waals surface area contributed by atoms with E-state index < -0.39 is 17.6 Å². The molecule has 2 atom stereocenters. The van der Waals surface area contributed by atoms with Gasteiger partial charge in [0.1, 0.15) is 0 Å². The van der Waals surface area contributed by atoms with E-state index in [0.29, 0.717) is 29.6 Å². The lowest BCUT2D eigenvalue weighted by Gasteiger charge is -2.39. The van der Waals surface area contributed by atoms with Crippen molar-refractivity contribution in [2.24, 2.45) is 0 Å². The highest BCUT2D eigenvalue weighted by atomic mass is 79.9. The number of carbonyl (C=O) groups excluding carboxylic acids is 1. The molecule has 164 valence electrons. The van der Waals surface area contributed by atoms with Crippen molar-refractivity contribution in [1.82, 2.24) is 10.2 Å². The minimum absolute atomic E-state index is 0. The Labute approximate surface area is 197 Å². The van der Waals surface area contributed by atoms with Gasteiger partial charge in [0.05, 0.1) is 15.6 Å². The van der Waals surface area contributed by atoms with Crippen molar-refractivity contribution in [3.05, 3.63) is 67.6 Å². The van der Waals surface area contributed by atoms with Crippen LogP contribution in [0.5, 0.6) is 0 Å². The van der Waals surface area contributed by atoms with E-state index in [0.717, 1.165) is 17.7 Å². The van der Waals surface area contributed by atoms with Crippen molar-refractivity contribution in [3.63, 3.8) is 0 Å². The second-order valence-corrected chi connectivity index (χ2v) is 8.71. The third-order valence-electron chi connectivity index (χ3n) is 5.11. The minimum atomic E-state index is -4.53. The molecule has 3 rings (SSSR count). The lowest BCUT2D eigenvalue weighted by atomic mass is 9.85. The number of rotatable bonds is 3. The molecule has 1 N–H and O–H groups in total. The van der Waals surface area contributed by atoms with Crippen LogP contribution in [-0.4, -0.2) is 37.0 Å². The Morgan fingerprint density at radius 2 is 1.87 bits per heavy atom. The van der Waals surface area contributed by atoms with E-state index in [9.17, 15) is 18.0 Å². The van der Waals surface area contributed by atoms with Crippen molar-refractivity contribution >= 4 is 57.4 Å². The van der Waals surface area contributed by atoms with Crippen LogP contribution in [0.1, 0.15) is 33.8 Å². The normalized spacial score (nSPS) is 19.2. The standard InChI is InChI=1S/C20H18BrCl2F3N2O.ClH/c1-28(19(29)12-6-13(20(24,25)26)9-14(21)7-12)18-4-5-27-10-15(18)11-2-3-16(22)17(23)8-11;/h2-3,6-9,15,18,27H,4-5,10H2,1H3;1H/t15-,18+;/m0./s1. The molecule has 1 fully saturated rings. The first kappa shape index (κ1) is 25.3. The van der Waals surface area contributed by atoms with Gasteiger partial charge in [0.25, 0.3) is 5.91 Å². The minimum Gasteiger partial charge on any atom is -0.338 e. The highest BCUT2D eigenvalue weighted by Gasteiger charge is 2.35. The second kappa shape index (κ2) is 10.1. The molecule has 2 aromatic carbocycles. The number of amides is 1. The highest BCUT2D eigenvalue weighted by Crippen LogP contribution is 2.34. The Morgan fingerprint density at radius 3 is 2.50 bits per heavy atom. The van der Waals surface area contributed by atoms with Gasteiger partial charge in [-0.2, -0.15) is 13.2 Å². The summed E-state index contributed by atoms with van der Waals surface area (Å²) < 4.78 is 39.6. The molecule has 1 amide bonds. The van der Waals surface area contributed by atoms with Gasteiger partial charge >= 0.3 is 6.18 Å². The summed E-state index contributed by atoms with van der Waals surface area (Å²) >= 11 is 15.2. The molecule has 3 nitrogen and oxygen atoms in total. The van der Waals surface area contributed by atoms with Crippen LogP contribution in [0.4, 0.5) is 13.2 Å². The first-order chi connectivity index (χ1) is 13.6. The molecular weight excluding hydrogens is 527 g/mol. The van der Waals surface area contributed by atoms with Gasteiger partial charge < -0.3 is 10.2 Å². The second-order valence-electron chi connectivity index (χ2n) is 6.98. The van der Waals surface area contributed by atoms with E-state index in [4.69, 9.17) is 23.2 Å². The third kappa shape index (κ3) is 5.62. The molecule has 0 aliphatic carbocycles. The Bertz CT molecular complexity index is 927. The van der Waals surface area contributed by atoms with E-state index in [1.807, 2.05) is 6.07 Å². The Morgan fingerprint density at radius 1 is 1.17 bits per heavy atom. The Hall–Kier alpha value is -0.990. The molecule has 0 unspecified atom stereocenters. The molecular formula is C20H19BrCl3F3N2O. The number of alkyl halides is 3. The van der Waals surface area contributed by atoms with Gasteiger partial charge in [-0.1, -0.05) is 45.2 Å². The zero-order valence-electron chi connectivity index (χ0n) is 15.8. The first-order valence-electron chi connectivity index (χ1n) is 8.88. The van der Waals surface area contributed by atoms with Crippen LogP contribution in [0, 0.1) is 0 Å². The van der Waals surface area contributed by atoms with Gasteiger partial charge in [-0.3, -0.25) is 4.79 Å². The molecule has 2 aromatic rings. The molecule has 1 aliphatic rings. The van der Waals surface area contributed by atoms with Gasteiger partial charge in [0.2, 0.25) is 0 Å². The fraction of sp³-hybridized carbons (Fsp3) is 0.350. The zero-order valence-corrected chi connectivity index (χ0v) is 19.7. The lowest BCUT2D eigenvalue weighted by Crippen LogP contribution is -2.49. The van der Waals surface area contributed by atoms with E-state index in [1.54, 1.807) is 19.2 Å². The average Bonchev–Trinajstić information content (AvgIpc) is 2.68. The van der Waals surface area contributed by atoms with Crippen LogP contribution in [-0.2, 0) is 6.18 Å². The Balaban J connectivity index is 0.00000320. The van der Waals surface area contributed by atoms with Crippen LogP contribution in [0.15, 0.2) is 40.9 Å². The molecule has 0 spiro atoms. The molecule has 30 heavy (non-hydrogen) atoms. The molecule has 1 heterocycles. The van der Waals surface area contributed by atoms with Crippen molar-refractivity contribution < 1.29 is 18.0 Å². The van der Waals surface area contributed by atoms with Gasteiger partial charge in [0, 0.05) is 35.6 Å². The summed E-state index contributed by atoms with van der Waals surface area (Å²) in [4.78, 5) is 14.6. The highest BCUT2D eigenvalue weighted by molar-refractivity contribution is 9.10. The first-order valence-corrected chi connectivity index (χ1v) is 10.4. The maximum absolute atomic E-state index is 13.1. The molecule has 0 aromatic heterocycles. The lowest BCUT2D eigenvalue weighted by molar-refractivity contribution is -0.137. The van der Waals surface area contributed by atoms with Crippen molar-refractivity contribution in [3.8, 4) is 0 Å². The number of hydrogen-bond donors (Lipinski definition) is 1.